The molecule has 0 spiro atoms. The molecule has 1 aliphatic rings. The number of rotatable bonds is 2. The van der Waals surface area contributed by atoms with Gasteiger partial charge in [-0.15, -0.1) is 0 Å². The lowest BCUT2D eigenvalue weighted by Gasteiger charge is -2.34. The minimum Gasteiger partial charge on any atom is -0.389 e. The Balaban J connectivity index is 1.93. The number of nitrogens with zero attached hydrogens (tertiary/aromatic N) is 2. The number of aliphatic hydroxyl groups is 1. The van der Waals surface area contributed by atoms with E-state index in [-0.39, 0.29) is 12.0 Å². The Labute approximate surface area is 98.2 Å². The summed E-state index contributed by atoms with van der Waals surface area (Å²) in [5, 5.41) is 9.47. The first-order chi connectivity index (χ1) is 7.65. The molecule has 1 aliphatic heterocycles. The molecule has 0 unspecified atom stereocenters. The monoisotopic (exact) mass is 238 g/mol. The van der Waals surface area contributed by atoms with Crippen molar-refractivity contribution in [2.45, 2.75) is 6.10 Å². The van der Waals surface area contributed by atoms with Gasteiger partial charge in [0.15, 0.2) is 0 Å². The highest BCUT2D eigenvalue weighted by Crippen LogP contribution is 2.10. The zero-order chi connectivity index (χ0) is 11.5. The average Bonchev–Trinajstić information content (AvgIpc) is 2.24. The predicted molar refractivity (Wildman–Crippen MR) is 60.9 cm³/mol. The van der Waals surface area contributed by atoms with Crippen LogP contribution in [0.1, 0.15) is 5.56 Å². The van der Waals surface area contributed by atoms with Gasteiger partial charge in [0.05, 0.1) is 6.10 Å². The molecule has 1 fully saturated rings. The van der Waals surface area contributed by atoms with Crippen molar-refractivity contribution in [1.29, 1.82) is 0 Å². The molecule has 2 heterocycles. The summed E-state index contributed by atoms with van der Waals surface area (Å²) in [4.78, 5) is 17.0. The topological polar surface area (TPSA) is 53.4 Å². The highest BCUT2D eigenvalue weighted by molar-refractivity contribution is 6.29. The standard InChI is InChI=1S/C11H11ClN2O2/c12-10-3-1-8(5-13-10)2-4-11(16)14-6-9(15)7-14/h1-5,9,15H,6-7H2/b4-2+. The minimum atomic E-state index is -0.366. The Morgan fingerprint density at radius 1 is 1.56 bits per heavy atom. The summed E-state index contributed by atoms with van der Waals surface area (Å²) in [5.74, 6) is -0.0970. The number of aliphatic hydroxyl groups excluding tert-OH is 1. The van der Waals surface area contributed by atoms with E-state index in [1.807, 2.05) is 0 Å². The molecule has 1 N–H and O–H groups in total. The second kappa shape index (κ2) is 4.63. The second-order valence-electron chi connectivity index (χ2n) is 3.64. The van der Waals surface area contributed by atoms with Gasteiger partial charge in [-0.3, -0.25) is 4.79 Å². The van der Waals surface area contributed by atoms with E-state index in [1.54, 1.807) is 29.3 Å². The van der Waals surface area contributed by atoms with Gasteiger partial charge in [-0.25, -0.2) is 4.98 Å². The number of likely N-dealkylation sites (tertiary alicyclic amines) is 1. The van der Waals surface area contributed by atoms with Crippen molar-refractivity contribution in [2.24, 2.45) is 0 Å². The molecule has 0 atom stereocenters. The van der Waals surface area contributed by atoms with E-state index in [9.17, 15) is 4.79 Å². The fourth-order valence-electron chi connectivity index (χ4n) is 1.39. The summed E-state index contributed by atoms with van der Waals surface area (Å²) in [5.41, 5.74) is 0.818. The minimum absolute atomic E-state index is 0.0970. The van der Waals surface area contributed by atoms with Crippen molar-refractivity contribution in [3.8, 4) is 0 Å². The Kier molecular flexibility index (Phi) is 3.22. The summed E-state index contributed by atoms with van der Waals surface area (Å²) in [6, 6.07) is 3.45. The van der Waals surface area contributed by atoms with Crippen molar-refractivity contribution in [2.75, 3.05) is 13.1 Å². The van der Waals surface area contributed by atoms with Crippen LogP contribution in [0, 0.1) is 0 Å². The molecule has 4 nitrogen and oxygen atoms in total. The molecule has 0 radical (unpaired) electrons. The van der Waals surface area contributed by atoms with Crippen molar-refractivity contribution in [3.05, 3.63) is 35.1 Å². The molecular formula is C11H11ClN2O2. The molecule has 16 heavy (non-hydrogen) atoms. The number of aromatic nitrogens is 1. The van der Waals surface area contributed by atoms with Crippen LogP contribution in [0.15, 0.2) is 24.4 Å². The van der Waals surface area contributed by atoms with Crippen molar-refractivity contribution >= 4 is 23.6 Å². The zero-order valence-electron chi connectivity index (χ0n) is 8.51. The molecule has 0 aliphatic carbocycles. The second-order valence-corrected chi connectivity index (χ2v) is 4.03. The van der Waals surface area contributed by atoms with Crippen LogP contribution in [-0.4, -0.2) is 40.1 Å². The fraction of sp³-hybridized carbons (Fsp3) is 0.273. The van der Waals surface area contributed by atoms with Crippen molar-refractivity contribution in [3.63, 3.8) is 0 Å². The van der Waals surface area contributed by atoms with Crippen LogP contribution < -0.4 is 0 Å². The smallest absolute Gasteiger partial charge is 0.246 e. The Bertz CT molecular complexity index is 410. The molecule has 1 aromatic heterocycles. The molecule has 1 saturated heterocycles. The van der Waals surface area contributed by atoms with Gasteiger partial charge in [0.2, 0.25) is 5.91 Å². The van der Waals surface area contributed by atoms with E-state index in [2.05, 4.69) is 4.98 Å². The Morgan fingerprint density at radius 2 is 2.31 bits per heavy atom. The summed E-state index contributed by atoms with van der Waals surface area (Å²) >= 11 is 5.63. The molecule has 0 bridgehead atoms. The van der Waals surface area contributed by atoms with Crippen LogP contribution in [0.3, 0.4) is 0 Å². The van der Waals surface area contributed by atoms with E-state index < -0.39 is 0 Å². The average molecular weight is 239 g/mol. The number of carbonyl (C=O) groups excluding carboxylic acids is 1. The van der Waals surface area contributed by atoms with E-state index >= 15 is 0 Å². The van der Waals surface area contributed by atoms with Gasteiger partial charge in [0, 0.05) is 25.4 Å². The normalized spacial score (nSPS) is 16.5. The van der Waals surface area contributed by atoms with Crippen LogP contribution in [0.5, 0.6) is 0 Å². The summed E-state index contributed by atoms with van der Waals surface area (Å²) in [6.45, 7) is 0.837. The third-order valence-electron chi connectivity index (χ3n) is 2.34. The fourth-order valence-corrected chi connectivity index (χ4v) is 1.51. The number of amides is 1. The van der Waals surface area contributed by atoms with Crippen LogP contribution in [-0.2, 0) is 4.79 Å². The molecule has 5 heteroatoms. The van der Waals surface area contributed by atoms with Gasteiger partial charge in [0.1, 0.15) is 5.15 Å². The quantitative estimate of drug-likeness (QED) is 0.617. The number of halogens is 1. The molecule has 2 rings (SSSR count). The first-order valence-corrected chi connectivity index (χ1v) is 5.29. The number of hydrogen-bond donors (Lipinski definition) is 1. The van der Waals surface area contributed by atoms with Gasteiger partial charge in [-0.2, -0.15) is 0 Å². The van der Waals surface area contributed by atoms with Gasteiger partial charge in [-0.1, -0.05) is 17.7 Å². The van der Waals surface area contributed by atoms with Crippen LogP contribution in [0.4, 0.5) is 0 Å². The van der Waals surface area contributed by atoms with Crippen LogP contribution in [0.2, 0.25) is 5.15 Å². The molecular weight excluding hydrogens is 228 g/mol. The highest BCUT2D eigenvalue weighted by atomic mass is 35.5. The lowest BCUT2D eigenvalue weighted by molar-refractivity contribution is -0.135. The van der Waals surface area contributed by atoms with Crippen molar-refractivity contribution in [1.82, 2.24) is 9.88 Å². The largest absolute Gasteiger partial charge is 0.389 e. The third kappa shape index (κ3) is 2.59. The molecule has 1 aromatic rings. The number of carbonyl (C=O) groups is 1. The number of hydrogen-bond acceptors (Lipinski definition) is 3. The van der Waals surface area contributed by atoms with E-state index in [1.165, 1.54) is 6.08 Å². The van der Waals surface area contributed by atoms with Crippen molar-refractivity contribution < 1.29 is 9.90 Å². The van der Waals surface area contributed by atoms with Gasteiger partial charge in [-0.05, 0) is 17.7 Å². The highest BCUT2D eigenvalue weighted by Gasteiger charge is 2.26. The van der Waals surface area contributed by atoms with Gasteiger partial charge >= 0.3 is 0 Å². The maximum Gasteiger partial charge on any atom is 0.246 e. The number of pyridine rings is 1. The zero-order valence-corrected chi connectivity index (χ0v) is 9.26. The lowest BCUT2D eigenvalue weighted by atomic mass is 10.1. The van der Waals surface area contributed by atoms with E-state index in [0.717, 1.165) is 5.56 Å². The SMILES string of the molecule is O=C(/C=C/c1ccc(Cl)nc1)N1CC(O)C1. The van der Waals surface area contributed by atoms with E-state index in [4.69, 9.17) is 16.7 Å². The molecule has 0 saturated carbocycles. The first kappa shape index (κ1) is 11.1. The molecule has 0 aromatic carbocycles. The Hall–Kier alpha value is -1.39. The van der Waals surface area contributed by atoms with Crippen LogP contribution in [0.25, 0.3) is 6.08 Å². The maximum absolute atomic E-state index is 11.5. The lowest BCUT2D eigenvalue weighted by Crippen LogP contribution is -2.52. The van der Waals surface area contributed by atoms with Gasteiger partial charge < -0.3 is 10.0 Å². The molecule has 1 amide bonds. The number of β-amino-alcohol motifs (C(OH)–C–C–N with tert-alkyl or cyclic N) is 1. The Morgan fingerprint density at radius 3 is 2.88 bits per heavy atom. The maximum atomic E-state index is 11.5. The van der Waals surface area contributed by atoms with Gasteiger partial charge in [0.25, 0.3) is 0 Å². The summed E-state index contributed by atoms with van der Waals surface area (Å²) < 4.78 is 0. The predicted octanol–water partition coefficient (Wildman–Crippen LogP) is 0.951. The van der Waals surface area contributed by atoms with Crippen LogP contribution >= 0.6 is 11.6 Å². The summed E-state index contributed by atoms with van der Waals surface area (Å²) in [6.07, 6.45) is 4.37. The third-order valence-corrected chi connectivity index (χ3v) is 2.57. The first-order valence-electron chi connectivity index (χ1n) is 4.92. The van der Waals surface area contributed by atoms with E-state index in [0.29, 0.717) is 18.2 Å². The molecule has 84 valence electrons. The summed E-state index contributed by atoms with van der Waals surface area (Å²) in [7, 11) is 0.